The first-order chi connectivity index (χ1) is 18.3. The summed E-state index contributed by atoms with van der Waals surface area (Å²) in [5, 5.41) is 6.07. The van der Waals surface area contributed by atoms with Crippen molar-refractivity contribution in [3.05, 3.63) is 82.8 Å². The molecule has 0 aliphatic rings. The van der Waals surface area contributed by atoms with Gasteiger partial charge in [0.2, 0.25) is 10.0 Å². The monoisotopic (exact) mass is 586 g/mol. The van der Waals surface area contributed by atoms with Gasteiger partial charge in [-0.05, 0) is 60.2 Å². The third-order valence-electron chi connectivity index (χ3n) is 4.92. The molecule has 0 atom stereocenters. The van der Waals surface area contributed by atoms with Gasteiger partial charge in [0.05, 0.1) is 41.6 Å². The number of furan rings is 1. The van der Waals surface area contributed by atoms with Crippen LogP contribution in [-0.4, -0.2) is 45.9 Å². The molecular weight excluding hydrogens is 565 g/mol. The number of halogens is 4. The maximum atomic E-state index is 13.1. The lowest BCUT2D eigenvalue weighted by atomic mass is 10.2. The van der Waals surface area contributed by atoms with Crippen molar-refractivity contribution in [2.45, 2.75) is 12.7 Å². The molecule has 1 heterocycles. The van der Waals surface area contributed by atoms with Gasteiger partial charge in [-0.1, -0.05) is 11.6 Å². The van der Waals surface area contributed by atoms with Crippen molar-refractivity contribution < 1.29 is 40.3 Å². The van der Waals surface area contributed by atoms with Crippen LogP contribution < -0.4 is 19.8 Å². The van der Waals surface area contributed by atoms with Crippen LogP contribution in [-0.2, 0) is 32.3 Å². The van der Waals surface area contributed by atoms with Crippen LogP contribution in [0.2, 0.25) is 5.02 Å². The fraction of sp³-hybridized carbons (Fsp3) is 0.208. The number of rotatable bonds is 11. The number of hydrogen-bond acceptors (Lipinski definition) is 7. The van der Waals surface area contributed by atoms with Crippen molar-refractivity contribution >= 4 is 45.3 Å². The molecule has 2 N–H and O–H groups in total. The maximum Gasteiger partial charge on any atom is 0.416 e. The molecule has 0 aliphatic heterocycles. The lowest BCUT2D eigenvalue weighted by molar-refractivity contribution is -0.137. The second-order valence-corrected chi connectivity index (χ2v) is 10.3. The number of hydrogen-bond donors (Lipinski definition) is 2. The Labute approximate surface area is 226 Å². The van der Waals surface area contributed by atoms with Gasteiger partial charge in [0, 0.05) is 0 Å². The molecule has 208 valence electrons. The summed E-state index contributed by atoms with van der Waals surface area (Å²) in [5.41, 5.74) is 1.00. The number of amides is 2. The van der Waals surface area contributed by atoms with Gasteiger partial charge in [-0.15, -0.1) is 0 Å². The van der Waals surface area contributed by atoms with Crippen molar-refractivity contribution in [2.75, 3.05) is 23.7 Å². The summed E-state index contributed by atoms with van der Waals surface area (Å²) < 4.78 is 74.7. The molecule has 0 unspecified atom stereocenters. The molecule has 2 amide bonds. The number of sulfonamides is 1. The molecule has 0 aliphatic carbocycles. The van der Waals surface area contributed by atoms with Crippen LogP contribution in [0.4, 0.5) is 18.9 Å². The Morgan fingerprint density at radius 1 is 1.13 bits per heavy atom. The Hall–Kier alpha value is -4.04. The lowest BCUT2D eigenvalue weighted by Crippen LogP contribution is -2.39. The quantitative estimate of drug-likeness (QED) is 0.261. The minimum Gasteiger partial charge on any atom is -0.484 e. The van der Waals surface area contributed by atoms with Crippen molar-refractivity contribution in [1.82, 2.24) is 10.7 Å². The zero-order valence-electron chi connectivity index (χ0n) is 20.2. The molecular formula is C24H22ClF3N4O6S. The Morgan fingerprint density at radius 2 is 1.85 bits per heavy atom. The topological polar surface area (TPSA) is 130 Å². The van der Waals surface area contributed by atoms with Crippen LogP contribution in [0.15, 0.2) is 70.4 Å². The van der Waals surface area contributed by atoms with E-state index in [1.807, 2.05) is 0 Å². The Balaban J connectivity index is 1.54. The van der Waals surface area contributed by atoms with E-state index in [4.69, 9.17) is 20.8 Å². The molecule has 3 aromatic rings. The van der Waals surface area contributed by atoms with E-state index in [0.717, 1.165) is 12.3 Å². The molecule has 0 saturated heterocycles. The zero-order valence-corrected chi connectivity index (χ0v) is 21.8. The van der Waals surface area contributed by atoms with Gasteiger partial charge in [-0.25, -0.2) is 13.8 Å². The summed E-state index contributed by atoms with van der Waals surface area (Å²) in [5.74, 6) is -0.284. The van der Waals surface area contributed by atoms with Gasteiger partial charge in [0.25, 0.3) is 11.8 Å². The van der Waals surface area contributed by atoms with E-state index in [9.17, 15) is 31.2 Å². The van der Waals surface area contributed by atoms with Crippen molar-refractivity contribution in [3.63, 3.8) is 0 Å². The van der Waals surface area contributed by atoms with Gasteiger partial charge >= 0.3 is 6.18 Å². The summed E-state index contributed by atoms with van der Waals surface area (Å²) in [4.78, 5) is 24.2. The lowest BCUT2D eigenvalue weighted by Gasteiger charge is -2.23. The van der Waals surface area contributed by atoms with Crippen molar-refractivity contribution in [1.29, 1.82) is 0 Å². The molecule has 3 rings (SSSR count). The fourth-order valence-corrected chi connectivity index (χ4v) is 4.18. The average molecular weight is 587 g/mol. The first-order valence-electron chi connectivity index (χ1n) is 11.0. The first kappa shape index (κ1) is 29.5. The zero-order chi connectivity index (χ0) is 28.6. The largest absolute Gasteiger partial charge is 0.484 e. The highest BCUT2D eigenvalue weighted by Gasteiger charge is 2.33. The van der Waals surface area contributed by atoms with Crippen molar-refractivity contribution in [2.24, 2.45) is 5.10 Å². The molecule has 10 nitrogen and oxygen atoms in total. The predicted molar refractivity (Wildman–Crippen MR) is 137 cm³/mol. The number of anilines is 1. The normalized spacial score (nSPS) is 11.8. The van der Waals surface area contributed by atoms with Crippen LogP contribution in [0, 0.1) is 0 Å². The van der Waals surface area contributed by atoms with Gasteiger partial charge < -0.3 is 14.5 Å². The number of carbonyl (C=O) groups excluding carboxylic acids is 2. The molecule has 1 aromatic heterocycles. The standard InChI is InChI=1S/C24H22ClF3N4O6S/c1-39(35,36)32(21-11-17(24(26,27)28)6-9-20(21)25)14-22(33)31-30-12-16-4-7-18(8-5-16)38-15-23(34)29-13-19-3-2-10-37-19/h2-12H,13-15H2,1H3,(H,29,34)(H,31,33)/b30-12-. The fourth-order valence-electron chi connectivity index (χ4n) is 3.05. The Bertz CT molecular complexity index is 1430. The highest BCUT2D eigenvalue weighted by molar-refractivity contribution is 7.92. The molecule has 0 saturated carbocycles. The molecule has 0 fully saturated rings. The molecule has 2 aromatic carbocycles. The third-order valence-corrected chi connectivity index (χ3v) is 6.37. The van der Waals surface area contributed by atoms with Gasteiger partial charge in [0.1, 0.15) is 18.1 Å². The maximum absolute atomic E-state index is 13.1. The van der Waals surface area contributed by atoms with Crippen LogP contribution in [0.1, 0.15) is 16.9 Å². The number of benzene rings is 2. The van der Waals surface area contributed by atoms with E-state index in [-0.39, 0.29) is 24.1 Å². The summed E-state index contributed by atoms with van der Waals surface area (Å²) in [6.07, 6.45) is -1.27. The smallest absolute Gasteiger partial charge is 0.416 e. The minimum atomic E-state index is -4.75. The highest BCUT2D eigenvalue weighted by Crippen LogP contribution is 2.36. The van der Waals surface area contributed by atoms with Crippen LogP contribution in [0.25, 0.3) is 0 Å². The number of nitrogens with zero attached hydrogens (tertiary/aromatic N) is 2. The SMILES string of the molecule is CS(=O)(=O)N(CC(=O)N/N=C\c1ccc(OCC(=O)NCc2ccco2)cc1)c1cc(C(F)(F)F)ccc1Cl. The second kappa shape index (κ2) is 12.7. The summed E-state index contributed by atoms with van der Waals surface area (Å²) in [7, 11) is -4.18. The van der Waals surface area contributed by atoms with Crippen LogP contribution in [0.5, 0.6) is 5.75 Å². The van der Waals surface area contributed by atoms with Crippen LogP contribution in [0.3, 0.4) is 0 Å². The van der Waals surface area contributed by atoms with E-state index in [0.29, 0.717) is 33.5 Å². The molecule has 15 heteroatoms. The van der Waals surface area contributed by atoms with E-state index >= 15 is 0 Å². The van der Waals surface area contributed by atoms with Gasteiger partial charge in [0.15, 0.2) is 6.61 Å². The van der Waals surface area contributed by atoms with E-state index < -0.39 is 39.9 Å². The van der Waals surface area contributed by atoms with E-state index in [2.05, 4.69) is 15.8 Å². The highest BCUT2D eigenvalue weighted by atomic mass is 35.5. The molecule has 0 spiro atoms. The van der Waals surface area contributed by atoms with Crippen molar-refractivity contribution in [3.8, 4) is 5.75 Å². The number of nitrogens with one attached hydrogen (secondary N) is 2. The van der Waals surface area contributed by atoms with E-state index in [1.165, 1.54) is 12.5 Å². The third kappa shape index (κ3) is 9.04. The number of ether oxygens (including phenoxy) is 1. The molecule has 39 heavy (non-hydrogen) atoms. The number of carbonyl (C=O) groups is 2. The van der Waals surface area contributed by atoms with Gasteiger partial charge in [-0.2, -0.15) is 18.3 Å². The second-order valence-electron chi connectivity index (χ2n) is 7.94. The van der Waals surface area contributed by atoms with E-state index in [1.54, 1.807) is 36.4 Å². The summed E-state index contributed by atoms with van der Waals surface area (Å²) in [6, 6.07) is 11.8. The Kier molecular flexibility index (Phi) is 9.59. The predicted octanol–water partition coefficient (Wildman–Crippen LogP) is 3.56. The molecule has 0 radical (unpaired) electrons. The number of alkyl halides is 3. The molecule has 0 bridgehead atoms. The van der Waals surface area contributed by atoms with Gasteiger partial charge in [-0.3, -0.25) is 13.9 Å². The van der Waals surface area contributed by atoms with Crippen LogP contribution >= 0.6 is 11.6 Å². The first-order valence-corrected chi connectivity index (χ1v) is 13.2. The number of hydrazone groups is 1. The summed E-state index contributed by atoms with van der Waals surface area (Å²) in [6.45, 7) is -0.867. The Morgan fingerprint density at radius 3 is 2.46 bits per heavy atom. The minimum absolute atomic E-state index is 0.225. The average Bonchev–Trinajstić information content (AvgIpc) is 3.38. The summed E-state index contributed by atoms with van der Waals surface area (Å²) >= 11 is 5.93.